The number of carbonyl (C=O) groups is 3. The predicted molar refractivity (Wildman–Crippen MR) is 144 cm³/mol. The molecule has 0 aliphatic carbocycles. The van der Waals surface area contributed by atoms with Crippen molar-refractivity contribution in [3.8, 4) is 5.75 Å². The number of primary sulfonamides is 2. The number of ether oxygens (including phenoxy) is 1. The number of hydrogen-bond acceptors (Lipinski definition) is 8. The lowest BCUT2D eigenvalue weighted by atomic mass is 10.1. The summed E-state index contributed by atoms with van der Waals surface area (Å²) in [5.41, 5.74) is 1.04. The fourth-order valence-corrected chi connectivity index (χ4v) is 5.36. The minimum atomic E-state index is -3.98. The van der Waals surface area contributed by atoms with E-state index in [2.05, 4.69) is 0 Å². The van der Waals surface area contributed by atoms with E-state index in [9.17, 15) is 31.2 Å². The Hall–Kier alpha value is -4.11. The maximum atomic E-state index is 13.7. The van der Waals surface area contributed by atoms with E-state index in [0.29, 0.717) is 11.3 Å². The van der Waals surface area contributed by atoms with Crippen LogP contribution in [0.5, 0.6) is 5.75 Å². The van der Waals surface area contributed by atoms with Gasteiger partial charge in [0.15, 0.2) is 0 Å². The lowest BCUT2D eigenvalue weighted by Gasteiger charge is -2.28. The van der Waals surface area contributed by atoms with Crippen LogP contribution in [0.3, 0.4) is 0 Å². The summed E-state index contributed by atoms with van der Waals surface area (Å²) in [7, 11) is -6.41. The fraction of sp³-hybridized carbons (Fsp3) is 0.192. The van der Waals surface area contributed by atoms with Gasteiger partial charge in [0, 0.05) is 12.1 Å². The van der Waals surface area contributed by atoms with Crippen LogP contribution in [0.15, 0.2) is 82.6 Å². The average Bonchev–Trinajstić information content (AvgIpc) is 3.21. The molecular formula is C26H26N4O8S2. The Labute approximate surface area is 231 Å². The van der Waals surface area contributed by atoms with Gasteiger partial charge >= 0.3 is 0 Å². The summed E-state index contributed by atoms with van der Waals surface area (Å²) in [6.45, 7) is 0.0205. The van der Waals surface area contributed by atoms with Crippen LogP contribution in [0, 0.1) is 0 Å². The highest BCUT2D eigenvalue weighted by Crippen LogP contribution is 2.28. The van der Waals surface area contributed by atoms with E-state index in [1.807, 2.05) is 0 Å². The summed E-state index contributed by atoms with van der Waals surface area (Å²) in [5.74, 6) is -1.32. The van der Waals surface area contributed by atoms with Crippen LogP contribution in [0.2, 0.25) is 0 Å². The molecule has 0 aromatic heterocycles. The zero-order chi connectivity index (χ0) is 29.2. The van der Waals surface area contributed by atoms with Crippen molar-refractivity contribution >= 4 is 43.5 Å². The smallest absolute Gasteiger partial charge is 0.257 e. The second-order valence-electron chi connectivity index (χ2n) is 9.00. The van der Waals surface area contributed by atoms with Gasteiger partial charge in [0.25, 0.3) is 11.8 Å². The molecule has 1 fully saturated rings. The zero-order valence-corrected chi connectivity index (χ0v) is 22.9. The molecule has 40 heavy (non-hydrogen) atoms. The van der Waals surface area contributed by atoms with Crippen molar-refractivity contribution in [2.45, 2.75) is 28.7 Å². The van der Waals surface area contributed by atoms with Gasteiger partial charge in [0.05, 0.1) is 29.0 Å². The number of benzene rings is 3. The Balaban J connectivity index is 1.64. The molecule has 12 nitrogen and oxygen atoms in total. The van der Waals surface area contributed by atoms with Gasteiger partial charge in [-0.25, -0.2) is 32.0 Å². The van der Waals surface area contributed by atoms with E-state index in [-0.39, 0.29) is 40.4 Å². The van der Waals surface area contributed by atoms with Crippen LogP contribution < -0.4 is 19.9 Å². The van der Waals surface area contributed by atoms with Crippen LogP contribution in [-0.4, -0.2) is 59.2 Å². The van der Waals surface area contributed by atoms with E-state index >= 15 is 0 Å². The number of amides is 3. The molecule has 1 unspecified atom stereocenters. The van der Waals surface area contributed by atoms with Crippen molar-refractivity contribution in [2.24, 2.45) is 10.3 Å². The second kappa shape index (κ2) is 11.2. The maximum Gasteiger partial charge on any atom is 0.257 e. The largest absolute Gasteiger partial charge is 0.497 e. The number of nitrogens with zero attached hydrogens (tertiary/aromatic N) is 2. The third kappa shape index (κ3) is 6.20. The molecule has 1 heterocycles. The van der Waals surface area contributed by atoms with Crippen molar-refractivity contribution in [1.29, 1.82) is 0 Å². The Morgan fingerprint density at radius 1 is 0.925 bits per heavy atom. The number of nitrogens with two attached hydrogens (primary N) is 2. The minimum absolute atomic E-state index is 0.0205. The van der Waals surface area contributed by atoms with E-state index < -0.39 is 43.8 Å². The molecule has 0 bridgehead atoms. The van der Waals surface area contributed by atoms with Gasteiger partial charge in [-0.15, -0.1) is 0 Å². The number of rotatable bonds is 9. The standard InChI is InChI=1S/C26H26N4O8S2/c1-38-20-4-2-3-18(15-20)25(32)29(14-13-17-5-9-21(10-6-17)39(27,34)35)23-16-24(31)30(26(23)33)19-7-11-22(12-8-19)40(28,36)37/h2-12,15,23H,13-14,16H2,1H3,(H2,27,34,35)(H2,28,36,37). The topological polar surface area (TPSA) is 187 Å². The molecule has 3 aromatic rings. The molecule has 4 N–H and O–H groups in total. The molecule has 0 radical (unpaired) electrons. The van der Waals surface area contributed by atoms with Crippen LogP contribution in [0.1, 0.15) is 22.3 Å². The summed E-state index contributed by atoms with van der Waals surface area (Å²) < 4.78 is 51.5. The molecule has 3 amide bonds. The summed E-state index contributed by atoms with van der Waals surface area (Å²) in [6.07, 6.45) is -0.0581. The Kier molecular flexibility index (Phi) is 8.07. The fourth-order valence-electron chi connectivity index (χ4n) is 4.33. The van der Waals surface area contributed by atoms with E-state index in [4.69, 9.17) is 15.0 Å². The Morgan fingerprint density at radius 2 is 1.50 bits per heavy atom. The number of carbonyl (C=O) groups excluding carboxylic acids is 3. The number of hydrogen-bond donors (Lipinski definition) is 2. The first kappa shape index (κ1) is 28.9. The molecule has 1 saturated heterocycles. The molecule has 0 spiro atoms. The quantitative estimate of drug-likeness (QED) is 0.348. The summed E-state index contributed by atoms with van der Waals surface area (Å²) in [4.78, 5) is 42.1. The highest BCUT2D eigenvalue weighted by Gasteiger charge is 2.44. The number of anilines is 1. The summed E-state index contributed by atoms with van der Waals surface area (Å²) in [6, 6.07) is 15.9. The third-order valence-electron chi connectivity index (χ3n) is 6.39. The van der Waals surface area contributed by atoms with Gasteiger partial charge in [-0.1, -0.05) is 18.2 Å². The highest BCUT2D eigenvalue weighted by molar-refractivity contribution is 7.89. The van der Waals surface area contributed by atoms with Crippen LogP contribution in [0.4, 0.5) is 5.69 Å². The second-order valence-corrected chi connectivity index (χ2v) is 12.1. The van der Waals surface area contributed by atoms with Gasteiger partial charge in [-0.3, -0.25) is 14.4 Å². The molecule has 1 atom stereocenters. The van der Waals surface area contributed by atoms with Crippen LogP contribution >= 0.6 is 0 Å². The first-order chi connectivity index (χ1) is 18.8. The van der Waals surface area contributed by atoms with Crippen molar-refractivity contribution in [2.75, 3.05) is 18.6 Å². The molecule has 3 aromatic carbocycles. The average molecular weight is 587 g/mol. The SMILES string of the molecule is COc1cccc(C(=O)N(CCc2ccc(S(N)(=O)=O)cc2)C2CC(=O)N(c3ccc(S(N)(=O)=O)cc3)C2=O)c1. The first-order valence-electron chi connectivity index (χ1n) is 11.9. The lowest BCUT2D eigenvalue weighted by Crippen LogP contribution is -2.46. The van der Waals surface area contributed by atoms with Crippen molar-refractivity contribution in [3.63, 3.8) is 0 Å². The summed E-state index contributed by atoms with van der Waals surface area (Å²) in [5, 5.41) is 10.3. The van der Waals surface area contributed by atoms with Gasteiger partial charge in [-0.2, -0.15) is 0 Å². The third-order valence-corrected chi connectivity index (χ3v) is 8.25. The van der Waals surface area contributed by atoms with Gasteiger partial charge < -0.3 is 9.64 Å². The highest BCUT2D eigenvalue weighted by atomic mass is 32.2. The van der Waals surface area contributed by atoms with E-state index in [0.717, 1.165) is 4.90 Å². The molecular weight excluding hydrogens is 560 g/mol. The number of imide groups is 1. The maximum absolute atomic E-state index is 13.7. The zero-order valence-electron chi connectivity index (χ0n) is 21.3. The molecule has 210 valence electrons. The van der Waals surface area contributed by atoms with Crippen molar-refractivity contribution < 1.29 is 36.0 Å². The predicted octanol–water partition coefficient (Wildman–Crippen LogP) is 1.01. The van der Waals surface area contributed by atoms with Gasteiger partial charge in [0.2, 0.25) is 26.0 Å². The first-order valence-corrected chi connectivity index (χ1v) is 15.0. The Bertz CT molecular complexity index is 1670. The monoisotopic (exact) mass is 586 g/mol. The summed E-state index contributed by atoms with van der Waals surface area (Å²) >= 11 is 0. The van der Waals surface area contributed by atoms with Crippen LogP contribution in [-0.2, 0) is 36.1 Å². The van der Waals surface area contributed by atoms with Crippen LogP contribution in [0.25, 0.3) is 0 Å². The molecule has 1 aliphatic rings. The lowest BCUT2D eigenvalue weighted by molar-refractivity contribution is -0.122. The number of sulfonamides is 2. The van der Waals surface area contributed by atoms with Gasteiger partial charge in [-0.05, 0) is 66.6 Å². The molecule has 4 rings (SSSR count). The molecule has 1 aliphatic heterocycles. The van der Waals surface area contributed by atoms with Crippen molar-refractivity contribution in [1.82, 2.24) is 4.90 Å². The van der Waals surface area contributed by atoms with E-state index in [1.54, 1.807) is 30.3 Å². The normalized spacial score (nSPS) is 15.8. The van der Waals surface area contributed by atoms with Crippen molar-refractivity contribution in [3.05, 3.63) is 83.9 Å². The molecule has 0 saturated carbocycles. The number of methoxy groups -OCH3 is 1. The van der Waals surface area contributed by atoms with E-state index in [1.165, 1.54) is 54.5 Å². The Morgan fingerprint density at radius 3 is 2.05 bits per heavy atom. The van der Waals surface area contributed by atoms with Gasteiger partial charge in [0.1, 0.15) is 11.8 Å². The minimum Gasteiger partial charge on any atom is -0.497 e. The molecule has 14 heteroatoms.